The largest absolute Gasteiger partial charge is 0.489 e. The van der Waals surface area contributed by atoms with Crippen molar-refractivity contribution in [2.75, 3.05) is 11.1 Å². The molecule has 1 atom stereocenters. The van der Waals surface area contributed by atoms with E-state index in [0.717, 1.165) is 11.1 Å². The summed E-state index contributed by atoms with van der Waals surface area (Å²) in [5.41, 5.74) is 2.95. The van der Waals surface area contributed by atoms with Gasteiger partial charge in [-0.3, -0.25) is 9.78 Å². The summed E-state index contributed by atoms with van der Waals surface area (Å²) >= 11 is 0. The molecule has 0 saturated carbocycles. The molecular weight excluding hydrogens is 530 g/mol. The Morgan fingerprint density at radius 1 is 0.900 bits per heavy atom. The number of urea groups is 1. The Hall–Kier alpha value is -4.70. The van der Waals surface area contributed by atoms with Crippen molar-refractivity contribution in [3.63, 3.8) is 0 Å². The molecule has 0 saturated heterocycles. The fourth-order valence-corrected chi connectivity index (χ4v) is 5.66. The highest BCUT2D eigenvalue weighted by Crippen LogP contribution is 2.26. The van der Waals surface area contributed by atoms with Gasteiger partial charge in [0.2, 0.25) is 0 Å². The zero-order chi connectivity index (χ0) is 28.4. The number of benzene rings is 3. The lowest BCUT2D eigenvalue weighted by atomic mass is 9.98. The van der Waals surface area contributed by atoms with E-state index in [2.05, 4.69) is 15.6 Å². The summed E-state index contributed by atoms with van der Waals surface area (Å²) in [6.45, 7) is 0.550. The highest BCUT2D eigenvalue weighted by atomic mass is 32.2. The minimum Gasteiger partial charge on any atom is -0.489 e. The standard InChI is InChI=1S/C30H29N3O6S/c34-29(35)17-25(24-8-2-1-3-9-24)21-40(37,38)28-13-11-27(12-14-28)39-20-22-6-4-10-26(16-22)33-30(36)32-19-23-7-5-15-31-18-23/h1-16,18,25H,17,19-21H2,(H,34,35)(H2,32,33,36). The molecule has 1 aromatic heterocycles. The van der Waals surface area contributed by atoms with E-state index in [1.54, 1.807) is 79.1 Å². The Morgan fingerprint density at radius 3 is 2.35 bits per heavy atom. The molecule has 0 aliphatic carbocycles. The maximum absolute atomic E-state index is 13.1. The van der Waals surface area contributed by atoms with Crippen LogP contribution in [0, 0.1) is 0 Å². The number of carboxylic acids is 1. The van der Waals surface area contributed by atoms with Gasteiger partial charge in [-0.15, -0.1) is 0 Å². The molecule has 206 valence electrons. The van der Waals surface area contributed by atoms with Crippen LogP contribution in [0.5, 0.6) is 5.75 Å². The molecule has 4 rings (SSSR count). The smallest absolute Gasteiger partial charge is 0.319 e. The molecule has 0 aliphatic heterocycles. The molecule has 0 bridgehead atoms. The van der Waals surface area contributed by atoms with E-state index in [9.17, 15) is 23.1 Å². The number of anilines is 1. The maximum Gasteiger partial charge on any atom is 0.319 e. The molecule has 40 heavy (non-hydrogen) atoms. The number of hydrogen-bond donors (Lipinski definition) is 3. The lowest BCUT2D eigenvalue weighted by Crippen LogP contribution is -2.28. The van der Waals surface area contributed by atoms with Gasteiger partial charge in [0.15, 0.2) is 9.84 Å². The predicted octanol–water partition coefficient (Wildman–Crippen LogP) is 5.01. The van der Waals surface area contributed by atoms with Crippen molar-refractivity contribution in [3.8, 4) is 5.75 Å². The van der Waals surface area contributed by atoms with Gasteiger partial charge in [-0.05, 0) is 59.2 Å². The van der Waals surface area contributed by atoms with E-state index in [1.165, 1.54) is 12.1 Å². The van der Waals surface area contributed by atoms with E-state index in [0.29, 0.717) is 23.5 Å². The fraction of sp³-hybridized carbons (Fsp3) is 0.167. The van der Waals surface area contributed by atoms with Crippen LogP contribution in [0.1, 0.15) is 29.0 Å². The number of pyridine rings is 1. The zero-order valence-electron chi connectivity index (χ0n) is 21.6. The van der Waals surface area contributed by atoms with Crippen molar-refractivity contribution in [1.82, 2.24) is 10.3 Å². The van der Waals surface area contributed by atoms with Gasteiger partial charge in [0.05, 0.1) is 17.1 Å². The third-order valence-electron chi connectivity index (χ3n) is 6.06. The number of nitrogens with zero attached hydrogens (tertiary/aromatic N) is 1. The summed E-state index contributed by atoms with van der Waals surface area (Å²) in [5, 5.41) is 14.8. The van der Waals surface area contributed by atoms with Gasteiger partial charge < -0.3 is 20.5 Å². The van der Waals surface area contributed by atoms with E-state index < -0.39 is 21.7 Å². The second kappa shape index (κ2) is 13.4. The summed E-state index contributed by atoms with van der Waals surface area (Å²) < 4.78 is 31.9. The zero-order valence-corrected chi connectivity index (χ0v) is 22.4. The van der Waals surface area contributed by atoms with Crippen LogP contribution in [0.2, 0.25) is 0 Å². The monoisotopic (exact) mass is 559 g/mol. The Morgan fingerprint density at radius 2 is 1.65 bits per heavy atom. The second-order valence-corrected chi connectivity index (χ2v) is 11.2. The fourth-order valence-electron chi connectivity index (χ4n) is 4.08. The van der Waals surface area contributed by atoms with Gasteiger partial charge in [0.1, 0.15) is 12.4 Å². The SMILES string of the molecule is O=C(O)CC(CS(=O)(=O)c1ccc(OCc2cccc(NC(=O)NCc3cccnc3)c2)cc1)c1ccccc1. The molecule has 3 N–H and O–H groups in total. The summed E-state index contributed by atoms with van der Waals surface area (Å²) in [4.78, 5) is 27.7. The lowest BCUT2D eigenvalue weighted by molar-refractivity contribution is -0.137. The molecule has 3 aromatic carbocycles. The molecule has 0 aliphatic rings. The van der Waals surface area contributed by atoms with Gasteiger partial charge in [0, 0.05) is 30.5 Å². The average molecular weight is 560 g/mol. The van der Waals surface area contributed by atoms with E-state index in [-0.39, 0.29) is 29.7 Å². The lowest BCUT2D eigenvalue weighted by Gasteiger charge is -2.16. The van der Waals surface area contributed by atoms with Crippen LogP contribution in [0.4, 0.5) is 10.5 Å². The molecule has 2 amide bonds. The number of rotatable bonds is 12. The van der Waals surface area contributed by atoms with E-state index in [4.69, 9.17) is 4.74 Å². The number of aromatic nitrogens is 1. The van der Waals surface area contributed by atoms with E-state index >= 15 is 0 Å². The highest BCUT2D eigenvalue weighted by Gasteiger charge is 2.25. The Bertz CT molecular complexity index is 1530. The number of ether oxygens (including phenoxy) is 1. The van der Waals surface area contributed by atoms with Gasteiger partial charge in [-0.25, -0.2) is 13.2 Å². The first-order valence-electron chi connectivity index (χ1n) is 12.5. The number of amides is 2. The van der Waals surface area contributed by atoms with Crippen molar-refractivity contribution in [1.29, 1.82) is 0 Å². The average Bonchev–Trinajstić information content (AvgIpc) is 2.96. The van der Waals surface area contributed by atoms with Crippen LogP contribution >= 0.6 is 0 Å². The molecule has 10 heteroatoms. The van der Waals surface area contributed by atoms with Gasteiger partial charge in [-0.1, -0.05) is 48.5 Å². The van der Waals surface area contributed by atoms with Crippen LogP contribution in [0.25, 0.3) is 0 Å². The molecule has 0 radical (unpaired) electrons. The molecular formula is C30H29N3O6S. The minimum atomic E-state index is -3.75. The number of carbonyl (C=O) groups excluding carboxylic acids is 1. The molecule has 1 heterocycles. The first kappa shape index (κ1) is 28.3. The summed E-state index contributed by atoms with van der Waals surface area (Å²) in [6, 6.07) is 25.3. The topological polar surface area (TPSA) is 135 Å². The number of carbonyl (C=O) groups is 2. The quantitative estimate of drug-likeness (QED) is 0.222. The number of nitrogens with one attached hydrogen (secondary N) is 2. The number of aliphatic carboxylic acids is 1. The summed E-state index contributed by atoms with van der Waals surface area (Å²) in [6.07, 6.45) is 3.06. The van der Waals surface area contributed by atoms with Crippen molar-refractivity contribution >= 4 is 27.5 Å². The first-order chi connectivity index (χ1) is 19.3. The highest BCUT2D eigenvalue weighted by molar-refractivity contribution is 7.91. The minimum absolute atomic E-state index is 0.0923. The molecule has 0 fully saturated rings. The number of sulfone groups is 1. The maximum atomic E-state index is 13.1. The Kier molecular flexibility index (Phi) is 9.48. The second-order valence-electron chi connectivity index (χ2n) is 9.12. The van der Waals surface area contributed by atoms with Crippen LogP contribution < -0.4 is 15.4 Å². The van der Waals surface area contributed by atoms with Gasteiger partial charge in [0.25, 0.3) is 0 Å². The van der Waals surface area contributed by atoms with Crippen LogP contribution in [0.15, 0.2) is 108 Å². The predicted molar refractivity (Wildman–Crippen MR) is 151 cm³/mol. The normalized spacial score (nSPS) is 11.8. The molecule has 0 spiro atoms. The number of carboxylic acid groups (broad SMARTS) is 1. The third kappa shape index (κ3) is 8.40. The molecule has 1 unspecified atom stereocenters. The van der Waals surface area contributed by atoms with E-state index in [1.807, 2.05) is 12.1 Å². The van der Waals surface area contributed by atoms with Crippen LogP contribution in [-0.4, -0.2) is 36.3 Å². The summed E-state index contributed by atoms with van der Waals surface area (Å²) in [7, 11) is -3.75. The van der Waals surface area contributed by atoms with Crippen LogP contribution in [-0.2, 0) is 27.8 Å². The van der Waals surface area contributed by atoms with Crippen molar-refractivity contribution in [2.45, 2.75) is 30.4 Å². The Balaban J connectivity index is 1.33. The van der Waals surface area contributed by atoms with Crippen molar-refractivity contribution < 1.29 is 27.9 Å². The first-order valence-corrected chi connectivity index (χ1v) is 14.2. The van der Waals surface area contributed by atoms with Gasteiger partial charge >= 0.3 is 12.0 Å². The van der Waals surface area contributed by atoms with Crippen LogP contribution in [0.3, 0.4) is 0 Å². The van der Waals surface area contributed by atoms with Crippen molar-refractivity contribution in [3.05, 3.63) is 120 Å². The molecule has 9 nitrogen and oxygen atoms in total. The number of hydrogen-bond acceptors (Lipinski definition) is 6. The van der Waals surface area contributed by atoms with Gasteiger partial charge in [-0.2, -0.15) is 0 Å². The Labute approximate surface area is 232 Å². The third-order valence-corrected chi connectivity index (χ3v) is 7.89. The summed E-state index contributed by atoms with van der Waals surface area (Å²) in [5.74, 6) is -1.58. The molecule has 4 aromatic rings. The van der Waals surface area contributed by atoms with Crippen molar-refractivity contribution in [2.24, 2.45) is 0 Å².